The number of benzene rings is 4. The molecule has 0 saturated heterocycles. The summed E-state index contributed by atoms with van der Waals surface area (Å²) in [5.41, 5.74) is 0.0347. The highest BCUT2D eigenvalue weighted by molar-refractivity contribution is 5.83. The molecule has 4 aromatic carbocycles. The Morgan fingerprint density at radius 2 is 1.03 bits per heavy atom. The van der Waals surface area contributed by atoms with Gasteiger partial charge in [0.05, 0.1) is 0 Å². The van der Waals surface area contributed by atoms with Crippen LogP contribution in [0.4, 0.5) is 0 Å². The summed E-state index contributed by atoms with van der Waals surface area (Å²) in [6.45, 7) is 0. The van der Waals surface area contributed by atoms with Gasteiger partial charge in [-0.1, -0.05) is 116 Å². The van der Waals surface area contributed by atoms with Crippen LogP contribution in [-0.4, -0.2) is 15.0 Å². The minimum atomic E-state index is -3.53. The molecule has 3 nitrogen and oxygen atoms in total. The van der Waals surface area contributed by atoms with E-state index in [9.17, 15) is 5.48 Å². The number of hydrogen-bond donors (Lipinski definition) is 0. The van der Waals surface area contributed by atoms with Crippen molar-refractivity contribution in [1.29, 1.82) is 0 Å². The Labute approximate surface area is 226 Å². The van der Waals surface area contributed by atoms with Crippen LogP contribution in [0.2, 0.25) is 0 Å². The van der Waals surface area contributed by atoms with Gasteiger partial charge < -0.3 is 0 Å². The quantitative estimate of drug-likeness (QED) is 0.264. The van der Waals surface area contributed by atoms with E-state index in [4.69, 9.17) is 23.2 Å². The van der Waals surface area contributed by atoms with Crippen LogP contribution in [0.5, 0.6) is 0 Å². The largest absolute Gasteiger partial charge is 0.208 e. The zero-order chi connectivity index (χ0) is 32.9. The molecule has 3 heteroatoms. The topological polar surface area (TPSA) is 38.7 Å². The van der Waals surface area contributed by atoms with Crippen molar-refractivity contribution in [2.75, 3.05) is 0 Å². The molecule has 36 heavy (non-hydrogen) atoms. The molecule has 0 unspecified atom stereocenters. The summed E-state index contributed by atoms with van der Waals surface area (Å²) >= 11 is 0. The minimum absolute atomic E-state index is 0.00705. The van der Waals surface area contributed by atoms with Crippen molar-refractivity contribution < 1.29 is 13.7 Å². The number of nitrogens with zero attached hydrogens (tertiary/aromatic N) is 3. The molecule has 2 aliphatic carbocycles. The van der Waals surface area contributed by atoms with Gasteiger partial charge in [-0.3, -0.25) is 0 Å². The van der Waals surface area contributed by atoms with Gasteiger partial charge >= 0.3 is 0 Å². The predicted molar refractivity (Wildman–Crippen MR) is 145 cm³/mol. The third kappa shape index (κ3) is 3.38. The Hall–Kier alpha value is -4.11. The summed E-state index contributed by atoms with van der Waals surface area (Å²) in [5.74, 6) is 0.930. The van der Waals surface area contributed by atoms with E-state index in [0.717, 1.165) is 11.1 Å². The number of rotatable bonds is 3. The first-order valence-electron chi connectivity index (χ1n) is 16.7. The fourth-order valence-corrected chi connectivity index (χ4v) is 4.94. The van der Waals surface area contributed by atoms with Gasteiger partial charge in [0.2, 0.25) is 0 Å². The maximum absolute atomic E-state index is 9.30. The van der Waals surface area contributed by atoms with E-state index in [2.05, 4.69) is 0 Å². The second-order valence-electron chi connectivity index (χ2n) is 8.72. The normalized spacial score (nSPS) is 26.6. The van der Waals surface area contributed by atoms with Gasteiger partial charge in [-0.05, 0) is 41.1 Å². The SMILES string of the molecule is [2H]C1([2H])C([2H])([2H])C([2H])([2H])C2(c3ccccc3-c3ccc(-c4nc(-c5ccccc5)nc(-c5ccccc5)n4)cc32)C([2H])([2H])C1([2H])[2H]. The second kappa shape index (κ2) is 8.53. The first kappa shape index (κ1) is 13.3. The molecule has 2 aliphatic rings. The van der Waals surface area contributed by atoms with Gasteiger partial charge in [0.15, 0.2) is 17.5 Å². The van der Waals surface area contributed by atoms with Crippen LogP contribution >= 0.6 is 0 Å². The van der Waals surface area contributed by atoms with E-state index in [-0.39, 0.29) is 17.0 Å². The molecule has 1 aromatic heterocycles. The first-order chi connectivity index (χ1) is 21.6. The smallest absolute Gasteiger partial charge is 0.164 e. The average molecular weight is 476 g/mol. The van der Waals surface area contributed by atoms with E-state index < -0.39 is 37.3 Å². The Morgan fingerprint density at radius 3 is 1.67 bits per heavy atom. The van der Waals surface area contributed by atoms with E-state index in [1.54, 1.807) is 30.3 Å². The van der Waals surface area contributed by atoms with Crippen molar-refractivity contribution >= 4 is 0 Å². The van der Waals surface area contributed by atoms with Gasteiger partial charge in [0.1, 0.15) is 0 Å². The fourth-order valence-electron chi connectivity index (χ4n) is 4.94. The standard InChI is InChI=1S/C33H27N3/c1-4-12-23(13-5-1)30-34-31(24-14-6-2-7-15-24)36-32(35-30)25-18-19-27-26-16-8-9-17-28(26)33(29(27)22-25)20-10-3-11-21-33/h1-2,4-9,12-19,22H,3,10-11,20-21H2/i3D2,10D2,11D2,20D2,21D2. The lowest BCUT2D eigenvalue weighted by Gasteiger charge is -2.36. The Balaban J connectivity index is 1.54. The summed E-state index contributed by atoms with van der Waals surface area (Å²) in [7, 11) is 0. The number of hydrogen-bond acceptors (Lipinski definition) is 3. The molecule has 0 bridgehead atoms. The number of fused-ring (bicyclic) bond motifs is 5. The molecule has 0 radical (unpaired) electrons. The zero-order valence-corrected chi connectivity index (χ0v) is 19.2. The molecule has 7 rings (SSSR count). The van der Waals surface area contributed by atoms with Gasteiger partial charge in [-0.15, -0.1) is 0 Å². The Morgan fingerprint density at radius 1 is 0.500 bits per heavy atom. The van der Waals surface area contributed by atoms with Crippen molar-refractivity contribution in [2.45, 2.75) is 37.3 Å². The van der Waals surface area contributed by atoms with E-state index >= 15 is 0 Å². The second-order valence-corrected chi connectivity index (χ2v) is 8.72. The molecule has 1 heterocycles. The first-order valence-corrected chi connectivity index (χ1v) is 11.7. The van der Waals surface area contributed by atoms with Gasteiger partial charge in [0.25, 0.3) is 0 Å². The zero-order valence-electron chi connectivity index (χ0n) is 29.2. The molecule has 174 valence electrons. The van der Waals surface area contributed by atoms with E-state index in [0.29, 0.717) is 28.3 Å². The van der Waals surface area contributed by atoms with Gasteiger partial charge in [-0.2, -0.15) is 0 Å². The van der Waals surface area contributed by atoms with Crippen molar-refractivity contribution in [2.24, 2.45) is 0 Å². The third-order valence-corrected chi connectivity index (χ3v) is 6.63. The molecule has 0 N–H and O–H groups in total. The average Bonchev–Trinajstić information content (AvgIpc) is 3.36. The number of aromatic nitrogens is 3. The fraction of sp³-hybridized carbons (Fsp3) is 0.182. The molecule has 0 amide bonds. The summed E-state index contributed by atoms with van der Waals surface area (Å²) in [4.78, 5) is 14.2. The highest BCUT2D eigenvalue weighted by atomic mass is 15.0. The lowest BCUT2D eigenvalue weighted by molar-refractivity contribution is 0.353. The molecule has 1 spiro atoms. The Kier molecular flexibility index (Phi) is 3.14. The third-order valence-electron chi connectivity index (χ3n) is 6.63. The van der Waals surface area contributed by atoms with Crippen LogP contribution in [0.25, 0.3) is 45.3 Å². The maximum atomic E-state index is 9.30. The molecule has 0 aliphatic heterocycles. The van der Waals surface area contributed by atoms with Crippen molar-refractivity contribution in [1.82, 2.24) is 15.0 Å². The lowest BCUT2D eigenvalue weighted by atomic mass is 9.67. The molecule has 1 saturated carbocycles. The molecular weight excluding hydrogens is 438 g/mol. The maximum Gasteiger partial charge on any atom is 0.164 e. The van der Waals surface area contributed by atoms with Crippen LogP contribution < -0.4 is 0 Å². The summed E-state index contributed by atoms with van der Waals surface area (Å²) in [6.07, 6.45) is -17.0. The molecule has 0 atom stereocenters. The highest BCUT2D eigenvalue weighted by Gasteiger charge is 2.43. The lowest BCUT2D eigenvalue weighted by Crippen LogP contribution is -2.28. The minimum Gasteiger partial charge on any atom is -0.208 e. The van der Waals surface area contributed by atoms with Crippen molar-refractivity contribution in [3.63, 3.8) is 0 Å². The van der Waals surface area contributed by atoms with Crippen LogP contribution in [-0.2, 0) is 5.41 Å². The van der Waals surface area contributed by atoms with Gasteiger partial charge in [0, 0.05) is 35.8 Å². The highest BCUT2D eigenvalue weighted by Crippen LogP contribution is 2.56. The monoisotopic (exact) mass is 475 g/mol. The van der Waals surface area contributed by atoms with Crippen LogP contribution in [0.1, 0.15) is 56.7 Å². The molecule has 5 aromatic rings. The Bertz CT molecular complexity index is 1910. The van der Waals surface area contributed by atoms with E-state index in [1.807, 2.05) is 60.7 Å². The predicted octanol–water partition coefficient (Wildman–Crippen LogP) is 8.10. The van der Waals surface area contributed by atoms with Crippen LogP contribution in [0, 0.1) is 0 Å². The van der Waals surface area contributed by atoms with Crippen molar-refractivity contribution in [3.8, 4) is 45.3 Å². The van der Waals surface area contributed by atoms with Crippen LogP contribution in [0.3, 0.4) is 0 Å². The van der Waals surface area contributed by atoms with Crippen LogP contribution in [0.15, 0.2) is 103 Å². The van der Waals surface area contributed by atoms with E-state index in [1.165, 1.54) is 12.1 Å². The molecular formula is C33H27N3. The summed E-state index contributed by atoms with van der Waals surface area (Å²) < 4.78 is 89.2. The summed E-state index contributed by atoms with van der Waals surface area (Å²) in [5, 5.41) is 0. The summed E-state index contributed by atoms with van der Waals surface area (Å²) in [6, 6.07) is 29.8. The molecule has 1 fully saturated rings. The van der Waals surface area contributed by atoms with Crippen molar-refractivity contribution in [3.05, 3.63) is 114 Å². The van der Waals surface area contributed by atoms with Gasteiger partial charge in [-0.25, -0.2) is 15.0 Å².